The lowest BCUT2D eigenvalue weighted by Crippen LogP contribution is -2.12. The number of ether oxygens (including phenoxy) is 3. The molecule has 0 atom stereocenters. The van der Waals surface area contributed by atoms with E-state index in [1.807, 2.05) is 6.92 Å². The van der Waals surface area contributed by atoms with E-state index < -0.39 is 11.9 Å². The zero-order valence-electron chi connectivity index (χ0n) is 10.1. The average molecular weight is 248 g/mol. The second-order valence-electron chi connectivity index (χ2n) is 3.40. The monoisotopic (exact) mass is 248 g/mol. The van der Waals surface area contributed by atoms with E-state index in [-0.39, 0.29) is 26.1 Å². The van der Waals surface area contributed by atoms with Crippen molar-refractivity contribution in [3.63, 3.8) is 0 Å². The first-order chi connectivity index (χ1) is 8.16. The molecule has 0 aromatic heterocycles. The van der Waals surface area contributed by atoms with Gasteiger partial charge in [0.05, 0.1) is 13.2 Å². The van der Waals surface area contributed by atoms with E-state index in [4.69, 9.17) is 19.3 Å². The number of hydrogen-bond donors (Lipinski definition) is 1. The molecule has 0 saturated heterocycles. The van der Waals surface area contributed by atoms with Crippen molar-refractivity contribution in [2.45, 2.75) is 32.6 Å². The van der Waals surface area contributed by atoms with E-state index in [2.05, 4.69) is 0 Å². The van der Waals surface area contributed by atoms with Crippen LogP contribution in [0.25, 0.3) is 0 Å². The molecule has 6 heteroatoms. The van der Waals surface area contributed by atoms with Crippen molar-refractivity contribution in [3.8, 4) is 0 Å². The Hall–Kier alpha value is -1.14. The number of aliphatic carboxylic acids is 1. The highest BCUT2D eigenvalue weighted by atomic mass is 16.7. The Bertz CT molecular complexity index is 216. The second-order valence-corrected chi connectivity index (χ2v) is 3.40. The van der Waals surface area contributed by atoms with Gasteiger partial charge < -0.3 is 19.3 Å². The first-order valence-electron chi connectivity index (χ1n) is 5.69. The van der Waals surface area contributed by atoms with Gasteiger partial charge in [0.25, 0.3) is 0 Å². The maximum atomic E-state index is 11.0. The van der Waals surface area contributed by atoms with E-state index in [0.717, 1.165) is 6.42 Å². The maximum absolute atomic E-state index is 11.0. The third kappa shape index (κ3) is 12.8. The van der Waals surface area contributed by atoms with Gasteiger partial charge in [-0.3, -0.25) is 9.59 Å². The summed E-state index contributed by atoms with van der Waals surface area (Å²) in [6, 6.07) is 0. The Balaban J connectivity index is 3.19. The minimum Gasteiger partial charge on any atom is -0.481 e. The molecule has 0 spiro atoms. The van der Waals surface area contributed by atoms with E-state index in [0.29, 0.717) is 19.8 Å². The lowest BCUT2D eigenvalue weighted by atomic mass is 10.2. The van der Waals surface area contributed by atoms with Crippen molar-refractivity contribution in [3.05, 3.63) is 0 Å². The highest BCUT2D eigenvalue weighted by Gasteiger charge is 2.04. The third-order valence-electron chi connectivity index (χ3n) is 1.80. The molecule has 1 N–H and O–H groups in total. The van der Waals surface area contributed by atoms with Crippen LogP contribution in [0.3, 0.4) is 0 Å². The van der Waals surface area contributed by atoms with Gasteiger partial charge in [-0.25, -0.2) is 0 Å². The molecule has 0 aromatic carbocycles. The second kappa shape index (κ2) is 11.3. The van der Waals surface area contributed by atoms with Gasteiger partial charge in [-0.2, -0.15) is 0 Å². The quantitative estimate of drug-likeness (QED) is 0.336. The van der Waals surface area contributed by atoms with E-state index in [1.165, 1.54) is 0 Å². The molecule has 6 nitrogen and oxygen atoms in total. The van der Waals surface area contributed by atoms with Gasteiger partial charge in [0.15, 0.2) is 6.79 Å². The predicted molar refractivity (Wildman–Crippen MR) is 59.5 cm³/mol. The number of hydrogen-bond acceptors (Lipinski definition) is 5. The Morgan fingerprint density at radius 1 is 1.06 bits per heavy atom. The van der Waals surface area contributed by atoms with Gasteiger partial charge in [-0.05, 0) is 12.8 Å². The molecule has 0 amide bonds. The first kappa shape index (κ1) is 15.9. The molecule has 0 aliphatic rings. The molecule has 0 saturated carbocycles. The number of carboxylic acids is 1. The summed E-state index contributed by atoms with van der Waals surface area (Å²) in [5, 5.41) is 8.35. The standard InChI is InChI=1S/C11H20O6/c1-2-6-15-7-8-16-9-17-11(14)5-3-4-10(12)13/h2-9H2,1H3,(H,12,13). The molecule has 0 unspecified atom stereocenters. The van der Waals surface area contributed by atoms with Crippen molar-refractivity contribution in [2.75, 3.05) is 26.6 Å². The number of rotatable bonds is 11. The average Bonchev–Trinajstić information content (AvgIpc) is 2.27. The minimum atomic E-state index is -0.915. The molecule has 17 heavy (non-hydrogen) atoms. The largest absolute Gasteiger partial charge is 0.481 e. The van der Waals surface area contributed by atoms with Crippen molar-refractivity contribution in [2.24, 2.45) is 0 Å². The molecule has 0 radical (unpaired) electrons. The van der Waals surface area contributed by atoms with Crippen LogP contribution in [0, 0.1) is 0 Å². The summed E-state index contributed by atoms with van der Waals surface area (Å²) < 4.78 is 14.9. The van der Waals surface area contributed by atoms with Crippen LogP contribution in [0.4, 0.5) is 0 Å². The normalized spacial score (nSPS) is 10.2. The molecular formula is C11H20O6. The van der Waals surface area contributed by atoms with Gasteiger partial charge in [0, 0.05) is 19.4 Å². The Morgan fingerprint density at radius 3 is 2.41 bits per heavy atom. The summed E-state index contributed by atoms with van der Waals surface area (Å²) in [6.45, 7) is 3.45. The lowest BCUT2D eigenvalue weighted by molar-refractivity contribution is -0.157. The van der Waals surface area contributed by atoms with E-state index in [1.54, 1.807) is 0 Å². The van der Waals surface area contributed by atoms with Gasteiger partial charge in [-0.15, -0.1) is 0 Å². The van der Waals surface area contributed by atoms with Crippen LogP contribution in [-0.2, 0) is 23.8 Å². The summed E-state index contributed by atoms with van der Waals surface area (Å²) in [6.07, 6.45) is 1.31. The van der Waals surface area contributed by atoms with Crippen LogP contribution < -0.4 is 0 Å². The zero-order chi connectivity index (χ0) is 12.9. The zero-order valence-corrected chi connectivity index (χ0v) is 10.1. The van der Waals surface area contributed by atoms with Crippen molar-refractivity contribution in [1.29, 1.82) is 0 Å². The van der Waals surface area contributed by atoms with E-state index >= 15 is 0 Å². The summed E-state index contributed by atoms with van der Waals surface area (Å²) in [5.41, 5.74) is 0. The predicted octanol–water partition coefficient (Wildman–Crippen LogP) is 1.19. The van der Waals surface area contributed by atoms with Gasteiger partial charge in [0.1, 0.15) is 0 Å². The van der Waals surface area contributed by atoms with Crippen LogP contribution in [0.1, 0.15) is 32.6 Å². The van der Waals surface area contributed by atoms with E-state index in [9.17, 15) is 9.59 Å². The lowest BCUT2D eigenvalue weighted by Gasteiger charge is -2.06. The molecule has 0 heterocycles. The molecule has 100 valence electrons. The summed E-state index contributed by atoms with van der Waals surface area (Å²) in [5.74, 6) is -1.36. The number of carbonyl (C=O) groups excluding carboxylic acids is 1. The van der Waals surface area contributed by atoms with Crippen LogP contribution in [0.5, 0.6) is 0 Å². The number of carboxylic acid groups (broad SMARTS) is 1. The van der Waals surface area contributed by atoms with Crippen LogP contribution in [0.15, 0.2) is 0 Å². The Kier molecular flexibility index (Phi) is 10.6. The maximum Gasteiger partial charge on any atom is 0.307 e. The number of carbonyl (C=O) groups is 2. The van der Waals surface area contributed by atoms with Crippen LogP contribution in [-0.4, -0.2) is 43.7 Å². The van der Waals surface area contributed by atoms with Crippen molar-refractivity contribution < 1.29 is 28.9 Å². The summed E-state index contributed by atoms with van der Waals surface area (Å²) in [4.78, 5) is 21.2. The molecule has 0 bridgehead atoms. The SMILES string of the molecule is CCCOCCOCOC(=O)CCCC(=O)O. The highest BCUT2D eigenvalue weighted by molar-refractivity contribution is 5.71. The molecule has 0 fully saturated rings. The first-order valence-corrected chi connectivity index (χ1v) is 5.69. The van der Waals surface area contributed by atoms with Crippen LogP contribution in [0.2, 0.25) is 0 Å². The topological polar surface area (TPSA) is 82.1 Å². The Labute approximate surface area is 101 Å². The highest BCUT2D eigenvalue weighted by Crippen LogP contribution is 1.97. The van der Waals surface area contributed by atoms with Gasteiger partial charge in [0.2, 0.25) is 0 Å². The minimum absolute atomic E-state index is 0.0270. The molecular weight excluding hydrogens is 228 g/mol. The van der Waals surface area contributed by atoms with Crippen molar-refractivity contribution >= 4 is 11.9 Å². The summed E-state index contributed by atoms with van der Waals surface area (Å²) >= 11 is 0. The smallest absolute Gasteiger partial charge is 0.307 e. The van der Waals surface area contributed by atoms with Crippen LogP contribution >= 0.6 is 0 Å². The molecule has 0 aromatic rings. The summed E-state index contributed by atoms with van der Waals surface area (Å²) in [7, 11) is 0. The fraction of sp³-hybridized carbons (Fsp3) is 0.818. The van der Waals surface area contributed by atoms with Crippen molar-refractivity contribution in [1.82, 2.24) is 0 Å². The Morgan fingerprint density at radius 2 is 1.76 bits per heavy atom. The molecule has 0 aliphatic carbocycles. The fourth-order valence-corrected chi connectivity index (χ4v) is 0.987. The molecule has 0 rings (SSSR count). The number of esters is 1. The molecule has 0 aliphatic heterocycles. The fourth-order valence-electron chi connectivity index (χ4n) is 0.987. The van der Waals surface area contributed by atoms with Gasteiger partial charge >= 0.3 is 11.9 Å². The third-order valence-corrected chi connectivity index (χ3v) is 1.80. The van der Waals surface area contributed by atoms with Gasteiger partial charge in [-0.1, -0.05) is 6.92 Å².